The zero-order chi connectivity index (χ0) is 15.5. The van der Waals surface area contributed by atoms with Gasteiger partial charge in [0.2, 0.25) is 0 Å². The van der Waals surface area contributed by atoms with Gasteiger partial charge < -0.3 is 0 Å². The SMILES string of the molecule is CC(C)=CC[C@]12C(=O)c3ccccc3C(=O)[C@H]1[C@@H]1C=C[C@H]2C1. The Kier molecular flexibility index (Phi) is 2.81. The molecule has 4 atom stereocenters. The molecule has 2 bridgehead atoms. The van der Waals surface area contributed by atoms with E-state index >= 15 is 0 Å². The molecular formula is C20H20O2. The lowest BCUT2D eigenvalue weighted by molar-refractivity contribution is 0.0513. The number of benzene rings is 1. The van der Waals surface area contributed by atoms with Gasteiger partial charge in [-0.3, -0.25) is 9.59 Å². The van der Waals surface area contributed by atoms with E-state index in [4.69, 9.17) is 0 Å². The minimum atomic E-state index is -0.540. The molecule has 0 radical (unpaired) electrons. The van der Waals surface area contributed by atoms with Crippen LogP contribution in [0.1, 0.15) is 47.4 Å². The van der Waals surface area contributed by atoms with E-state index in [1.807, 2.05) is 24.3 Å². The van der Waals surface area contributed by atoms with Crippen LogP contribution in [0.5, 0.6) is 0 Å². The molecule has 1 fully saturated rings. The molecule has 4 rings (SSSR count). The van der Waals surface area contributed by atoms with Crippen LogP contribution in [0.25, 0.3) is 0 Å². The molecule has 112 valence electrons. The number of fused-ring (bicyclic) bond motifs is 6. The Hall–Kier alpha value is -1.96. The molecule has 3 aliphatic rings. The number of hydrogen-bond acceptors (Lipinski definition) is 2. The Bertz CT molecular complexity index is 736. The molecule has 2 nitrogen and oxygen atoms in total. The van der Waals surface area contributed by atoms with Crippen LogP contribution in [0.3, 0.4) is 0 Å². The summed E-state index contributed by atoms with van der Waals surface area (Å²) in [5.74, 6) is 0.639. The van der Waals surface area contributed by atoms with Crippen molar-refractivity contribution in [1.29, 1.82) is 0 Å². The van der Waals surface area contributed by atoms with Crippen molar-refractivity contribution in [1.82, 2.24) is 0 Å². The summed E-state index contributed by atoms with van der Waals surface area (Å²) >= 11 is 0. The van der Waals surface area contributed by atoms with Gasteiger partial charge in [0.15, 0.2) is 11.6 Å². The Balaban J connectivity index is 1.93. The average molecular weight is 292 g/mol. The minimum absolute atomic E-state index is 0.166. The van der Waals surface area contributed by atoms with Crippen LogP contribution in [-0.4, -0.2) is 11.6 Å². The Labute approximate surface area is 130 Å². The summed E-state index contributed by atoms with van der Waals surface area (Å²) < 4.78 is 0. The van der Waals surface area contributed by atoms with Gasteiger partial charge in [-0.2, -0.15) is 0 Å². The summed E-state index contributed by atoms with van der Waals surface area (Å²) in [5, 5.41) is 0. The number of rotatable bonds is 2. The van der Waals surface area contributed by atoms with E-state index in [2.05, 4.69) is 32.1 Å². The lowest BCUT2D eigenvalue weighted by atomic mass is 9.57. The highest BCUT2D eigenvalue weighted by molar-refractivity contribution is 6.18. The number of carbonyl (C=O) groups excluding carboxylic acids is 2. The third kappa shape index (κ3) is 1.55. The second-order valence-corrected chi connectivity index (χ2v) is 7.13. The van der Waals surface area contributed by atoms with Gasteiger partial charge in [-0.05, 0) is 38.5 Å². The van der Waals surface area contributed by atoms with Crippen LogP contribution < -0.4 is 0 Å². The van der Waals surface area contributed by atoms with E-state index < -0.39 is 5.41 Å². The van der Waals surface area contributed by atoms with Gasteiger partial charge in [0.25, 0.3) is 0 Å². The topological polar surface area (TPSA) is 34.1 Å². The molecule has 2 heteroatoms. The third-order valence-corrected chi connectivity index (χ3v) is 5.75. The largest absolute Gasteiger partial charge is 0.294 e. The molecule has 0 aromatic heterocycles. The second kappa shape index (κ2) is 4.52. The molecule has 0 saturated heterocycles. The van der Waals surface area contributed by atoms with Gasteiger partial charge >= 0.3 is 0 Å². The Morgan fingerprint density at radius 2 is 1.91 bits per heavy atom. The standard InChI is InChI=1S/C20H20O2/c1-12(2)9-10-20-14-8-7-13(11-14)17(20)18(21)15-5-3-4-6-16(15)19(20)22/h3-9,13-14,17H,10-11H2,1-2H3/t13-,14+,17-,20-/m1/s1. The first kappa shape index (κ1) is 13.7. The number of ketones is 2. The maximum absolute atomic E-state index is 13.4. The molecule has 1 aromatic rings. The zero-order valence-electron chi connectivity index (χ0n) is 13.0. The molecule has 1 aromatic carbocycles. The summed E-state index contributed by atoms with van der Waals surface area (Å²) in [6.45, 7) is 4.11. The van der Waals surface area contributed by atoms with Gasteiger partial charge in [-0.25, -0.2) is 0 Å². The summed E-state index contributed by atoms with van der Waals surface area (Å²) in [7, 11) is 0. The highest BCUT2D eigenvalue weighted by atomic mass is 16.1. The molecule has 3 aliphatic carbocycles. The zero-order valence-corrected chi connectivity index (χ0v) is 13.0. The van der Waals surface area contributed by atoms with Gasteiger partial charge in [-0.15, -0.1) is 0 Å². The summed E-state index contributed by atoms with van der Waals surface area (Å²) in [4.78, 5) is 26.4. The maximum atomic E-state index is 13.4. The van der Waals surface area contributed by atoms with Crippen LogP contribution in [0.15, 0.2) is 48.1 Å². The van der Waals surface area contributed by atoms with Gasteiger partial charge in [0, 0.05) is 17.0 Å². The van der Waals surface area contributed by atoms with Gasteiger partial charge in [0.05, 0.1) is 5.41 Å². The number of allylic oxidation sites excluding steroid dienone is 4. The van der Waals surface area contributed by atoms with Crippen molar-refractivity contribution < 1.29 is 9.59 Å². The molecule has 22 heavy (non-hydrogen) atoms. The predicted octanol–water partition coefficient (Wildman–Crippen LogP) is 4.23. The van der Waals surface area contributed by atoms with Crippen LogP contribution in [0, 0.1) is 23.2 Å². The normalized spacial score (nSPS) is 34.5. The monoisotopic (exact) mass is 292 g/mol. The van der Waals surface area contributed by atoms with E-state index in [0.717, 1.165) is 6.42 Å². The molecular weight excluding hydrogens is 272 g/mol. The van der Waals surface area contributed by atoms with E-state index in [0.29, 0.717) is 17.5 Å². The molecule has 0 spiro atoms. The fourth-order valence-electron chi connectivity index (χ4n) is 4.77. The summed E-state index contributed by atoms with van der Waals surface area (Å²) in [6.07, 6.45) is 8.12. The van der Waals surface area contributed by atoms with E-state index in [1.54, 1.807) is 0 Å². The lowest BCUT2D eigenvalue weighted by Crippen LogP contribution is -2.49. The van der Waals surface area contributed by atoms with Crippen LogP contribution in [0.4, 0.5) is 0 Å². The molecule has 0 heterocycles. The predicted molar refractivity (Wildman–Crippen MR) is 85.8 cm³/mol. The van der Waals surface area contributed by atoms with Crippen molar-refractivity contribution >= 4 is 11.6 Å². The van der Waals surface area contributed by atoms with Crippen molar-refractivity contribution in [3.8, 4) is 0 Å². The second-order valence-electron chi connectivity index (χ2n) is 7.13. The van der Waals surface area contributed by atoms with Crippen molar-refractivity contribution in [2.75, 3.05) is 0 Å². The van der Waals surface area contributed by atoms with Crippen LogP contribution in [-0.2, 0) is 0 Å². The number of Topliss-reactive ketones (excluding diaryl/α,β-unsaturated/α-hetero) is 2. The Morgan fingerprint density at radius 3 is 2.64 bits per heavy atom. The fourth-order valence-corrected chi connectivity index (χ4v) is 4.77. The van der Waals surface area contributed by atoms with E-state index in [9.17, 15) is 9.59 Å². The smallest absolute Gasteiger partial charge is 0.171 e. The number of hydrogen-bond donors (Lipinski definition) is 0. The highest BCUT2D eigenvalue weighted by Gasteiger charge is 2.64. The fraction of sp³-hybridized carbons (Fsp3) is 0.400. The van der Waals surface area contributed by atoms with Crippen LogP contribution in [0.2, 0.25) is 0 Å². The first-order valence-electron chi connectivity index (χ1n) is 8.05. The Morgan fingerprint density at radius 1 is 1.18 bits per heavy atom. The van der Waals surface area contributed by atoms with E-state index in [1.165, 1.54) is 5.57 Å². The molecule has 1 saturated carbocycles. The quantitative estimate of drug-likeness (QED) is 0.764. The van der Waals surface area contributed by atoms with Crippen LogP contribution >= 0.6 is 0 Å². The lowest BCUT2D eigenvalue weighted by Gasteiger charge is -2.43. The molecule has 0 aliphatic heterocycles. The highest BCUT2D eigenvalue weighted by Crippen LogP contribution is 2.62. The third-order valence-electron chi connectivity index (χ3n) is 5.75. The van der Waals surface area contributed by atoms with Crippen molar-refractivity contribution in [3.63, 3.8) is 0 Å². The number of carbonyl (C=O) groups is 2. The minimum Gasteiger partial charge on any atom is -0.294 e. The maximum Gasteiger partial charge on any atom is 0.171 e. The molecule has 0 amide bonds. The first-order chi connectivity index (χ1) is 10.6. The van der Waals surface area contributed by atoms with Crippen molar-refractivity contribution in [3.05, 3.63) is 59.2 Å². The van der Waals surface area contributed by atoms with Crippen molar-refractivity contribution in [2.24, 2.45) is 23.2 Å². The average Bonchev–Trinajstić information content (AvgIpc) is 3.11. The van der Waals surface area contributed by atoms with Crippen molar-refractivity contribution in [2.45, 2.75) is 26.7 Å². The summed E-state index contributed by atoms with van der Waals surface area (Å²) in [6, 6.07) is 7.36. The first-order valence-corrected chi connectivity index (χ1v) is 8.05. The molecule has 0 unspecified atom stereocenters. The van der Waals surface area contributed by atoms with E-state index in [-0.39, 0.29) is 29.3 Å². The van der Waals surface area contributed by atoms with Gasteiger partial charge in [0.1, 0.15) is 0 Å². The molecule has 0 N–H and O–H groups in total. The van der Waals surface area contributed by atoms with Gasteiger partial charge in [-0.1, -0.05) is 48.1 Å². The summed E-state index contributed by atoms with van der Waals surface area (Å²) in [5.41, 5.74) is 1.93.